The maximum absolute atomic E-state index is 11.4. The van der Waals surface area contributed by atoms with Crippen LogP contribution in [0.5, 0.6) is 0 Å². The third kappa shape index (κ3) is 2.58. The van der Waals surface area contributed by atoms with E-state index in [0.717, 1.165) is 5.56 Å². The van der Waals surface area contributed by atoms with Crippen LogP contribution in [0.25, 0.3) is 0 Å². The molecule has 0 N–H and O–H groups in total. The summed E-state index contributed by atoms with van der Waals surface area (Å²) < 4.78 is 5.31. The van der Waals surface area contributed by atoms with Gasteiger partial charge in [-0.05, 0) is 33.6 Å². The molecule has 1 aromatic carbocycles. The molecule has 0 unspecified atom stereocenters. The number of nitrogens with zero attached hydrogens (tertiary/aromatic N) is 1. The standard InChI is InChI=1S/C10H7Br2NO2/c1-15-10(14)8-2-7(5-13)9(12)3-6(8)4-11/h2-3H,4H2,1H3. The first-order valence-corrected chi connectivity index (χ1v) is 5.92. The summed E-state index contributed by atoms with van der Waals surface area (Å²) in [5.41, 5.74) is 1.61. The van der Waals surface area contributed by atoms with E-state index in [0.29, 0.717) is 20.9 Å². The molecule has 0 aliphatic rings. The molecule has 15 heavy (non-hydrogen) atoms. The Balaban J connectivity index is 3.36. The minimum absolute atomic E-state index is 0.411. The van der Waals surface area contributed by atoms with Crippen LogP contribution in [0.2, 0.25) is 0 Å². The van der Waals surface area contributed by atoms with Crippen LogP contribution >= 0.6 is 31.9 Å². The van der Waals surface area contributed by atoms with E-state index in [4.69, 9.17) is 5.26 Å². The quantitative estimate of drug-likeness (QED) is 0.618. The summed E-state index contributed by atoms with van der Waals surface area (Å²) in [6, 6.07) is 5.25. The number of nitriles is 1. The maximum atomic E-state index is 11.4. The van der Waals surface area contributed by atoms with Gasteiger partial charge in [0.25, 0.3) is 0 Å². The van der Waals surface area contributed by atoms with Crippen LogP contribution < -0.4 is 0 Å². The molecule has 0 saturated carbocycles. The first-order chi connectivity index (χ1) is 7.13. The molecular weight excluding hydrogens is 326 g/mol. The normalized spacial score (nSPS) is 9.47. The van der Waals surface area contributed by atoms with Crippen molar-refractivity contribution in [2.75, 3.05) is 7.11 Å². The largest absolute Gasteiger partial charge is 0.465 e. The Morgan fingerprint density at radius 2 is 2.27 bits per heavy atom. The van der Waals surface area contributed by atoms with Gasteiger partial charge in [0.05, 0.1) is 18.2 Å². The third-order valence-electron chi connectivity index (χ3n) is 1.86. The van der Waals surface area contributed by atoms with E-state index in [9.17, 15) is 4.79 Å². The summed E-state index contributed by atoms with van der Waals surface area (Å²) in [5.74, 6) is -0.437. The van der Waals surface area contributed by atoms with Crippen LogP contribution in [0.4, 0.5) is 0 Å². The average molecular weight is 333 g/mol. The molecule has 1 aromatic rings. The highest BCUT2D eigenvalue weighted by Crippen LogP contribution is 2.23. The van der Waals surface area contributed by atoms with Crippen LogP contribution in [0.1, 0.15) is 21.5 Å². The lowest BCUT2D eigenvalue weighted by Gasteiger charge is -2.06. The van der Waals surface area contributed by atoms with Crippen molar-refractivity contribution in [2.24, 2.45) is 0 Å². The number of carbonyl (C=O) groups is 1. The number of hydrogen-bond donors (Lipinski definition) is 0. The summed E-state index contributed by atoms with van der Waals surface area (Å²) in [5, 5.41) is 9.35. The molecule has 0 aliphatic heterocycles. The van der Waals surface area contributed by atoms with E-state index >= 15 is 0 Å². The predicted molar refractivity (Wildman–Crippen MR) is 62.8 cm³/mol. The molecule has 0 atom stereocenters. The number of ether oxygens (including phenoxy) is 1. The van der Waals surface area contributed by atoms with E-state index < -0.39 is 5.97 Å². The Morgan fingerprint density at radius 1 is 1.60 bits per heavy atom. The lowest BCUT2D eigenvalue weighted by atomic mass is 10.1. The number of esters is 1. The van der Waals surface area contributed by atoms with Gasteiger partial charge in [-0.2, -0.15) is 5.26 Å². The molecule has 0 radical (unpaired) electrons. The summed E-state index contributed by atoms with van der Waals surface area (Å²) in [6.07, 6.45) is 0. The van der Waals surface area contributed by atoms with Gasteiger partial charge >= 0.3 is 5.97 Å². The smallest absolute Gasteiger partial charge is 0.338 e. The van der Waals surface area contributed by atoms with Crippen LogP contribution in [-0.2, 0) is 10.1 Å². The number of methoxy groups -OCH3 is 1. The van der Waals surface area contributed by atoms with Gasteiger partial charge in [-0.1, -0.05) is 15.9 Å². The topological polar surface area (TPSA) is 50.1 Å². The lowest BCUT2D eigenvalue weighted by Crippen LogP contribution is -2.05. The zero-order chi connectivity index (χ0) is 11.4. The molecule has 0 saturated heterocycles. The first-order valence-electron chi connectivity index (χ1n) is 4.00. The molecule has 5 heteroatoms. The average Bonchev–Trinajstić information content (AvgIpc) is 2.27. The SMILES string of the molecule is COC(=O)c1cc(C#N)c(Br)cc1CBr. The van der Waals surface area contributed by atoms with Gasteiger partial charge in [0.2, 0.25) is 0 Å². The van der Waals surface area contributed by atoms with Crippen LogP contribution in [0.3, 0.4) is 0 Å². The van der Waals surface area contributed by atoms with Crippen molar-refractivity contribution in [2.45, 2.75) is 5.33 Å². The van der Waals surface area contributed by atoms with Gasteiger partial charge in [0.1, 0.15) is 6.07 Å². The third-order valence-corrected chi connectivity index (χ3v) is 3.12. The molecule has 0 amide bonds. The van der Waals surface area contributed by atoms with Crippen LogP contribution in [0.15, 0.2) is 16.6 Å². The van der Waals surface area contributed by atoms with E-state index in [1.807, 2.05) is 6.07 Å². The summed E-state index contributed by atoms with van der Waals surface area (Å²) in [6.45, 7) is 0. The summed E-state index contributed by atoms with van der Waals surface area (Å²) >= 11 is 6.53. The Morgan fingerprint density at radius 3 is 2.73 bits per heavy atom. The van der Waals surface area contributed by atoms with E-state index in [2.05, 4.69) is 36.6 Å². The number of carbonyl (C=O) groups excluding carboxylic acids is 1. The zero-order valence-electron chi connectivity index (χ0n) is 7.88. The van der Waals surface area contributed by atoms with Crippen molar-refractivity contribution >= 4 is 37.8 Å². The van der Waals surface area contributed by atoms with Gasteiger partial charge in [0.15, 0.2) is 0 Å². The number of rotatable bonds is 2. The number of alkyl halides is 1. The second-order valence-corrected chi connectivity index (χ2v) is 4.14. The molecule has 0 spiro atoms. The molecule has 0 heterocycles. The first kappa shape index (κ1) is 12.2. The molecule has 3 nitrogen and oxygen atoms in total. The number of hydrogen-bond acceptors (Lipinski definition) is 3. The van der Waals surface area contributed by atoms with Crippen molar-refractivity contribution in [3.05, 3.63) is 33.3 Å². The fraction of sp³-hybridized carbons (Fsp3) is 0.200. The molecule has 78 valence electrons. The molecule has 0 fully saturated rings. The van der Waals surface area contributed by atoms with Gasteiger partial charge < -0.3 is 4.74 Å². The minimum Gasteiger partial charge on any atom is -0.465 e. The number of halogens is 2. The molecular formula is C10H7Br2NO2. The summed E-state index contributed by atoms with van der Waals surface area (Å²) in [4.78, 5) is 11.4. The summed E-state index contributed by atoms with van der Waals surface area (Å²) in [7, 11) is 1.31. The van der Waals surface area contributed by atoms with Crippen molar-refractivity contribution in [1.29, 1.82) is 5.26 Å². The van der Waals surface area contributed by atoms with Gasteiger partial charge in [0, 0.05) is 9.80 Å². The lowest BCUT2D eigenvalue weighted by molar-refractivity contribution is 0.0600. The Hall–Kier alpha value is -0.860. The van der Waals surface area contributed by atoms with Gasteiger partial charge in [-0.3, -0.25) is 0 Å². The van der Waals surface area contributed by atoms with E-state index in [1.54, 1.807) is 6.07 Å². The van der Waals surface area contributed by atoms with Crippen molar-refractivity contribution in [3.63, 3.8) is 0 Å². The van der Waals surface area contributed by atoms with E-state index in [-0.39, 0.29) is 0 Å². The van der Waals surface area contributed by atoms with E-state index in [1.165, 1.54) is 13.2 Å². The minimum atomic E-state index is -0.437. The monoisotopic (exact) mass is 331 g/mol. The highest BCUT2D eigenvalue weighted by molar-refractivity contribution is 9.10. The molecule has 0 bridgehead atoms. The highest BCUT2D eigenvalue weighted by atomic mass is 79.9. The van der Waals surface area contributed by atoms with Crippen LogP contribution in [0, 0.1) is 11.3 Å². The molecule has 1 rings (SSSR count). The van der Waals surface area contributed by atoms with Gasteiger partial charge in [-0.25, -0.2) is 4.79 Å². The van der Waals surface area contributed by atoms with Crippen LogP contribution in [-0.4, -0.2) is 13.1 Å². The number of benzene rings is 1. The Bertz CT molecular complexity index is 438. The second kappa shape index (κ2) is 5.29. The van der Waals surface area contributed by atoms with Crippen molar-refractivity contribution in [3.8, 4) is 6.07 Å². The zero-order valence-corrected chi connectivity index (χ0v) is 11.1. The fourth-order valence-corrected chi connectivity index (χ4v) is 2.05. The second-order valence-electron chi connectivity index (χ2n) is 2.73. The Kier molecular flexibility index (Phi) is 4.30. The molecule has 0 aliphatic carbocycles. The van der Waals surface area contributed by atoms with Crippen molar-refractivity contribution < 1.29 is 9.53 Å². The maximum Gasteiger partial charge on any atom is 0.338 e. The predicted octanol–water partition coefficient (Wildman–Crippen LogP) is 3.00. The highest BCUT2D eigenvalue weighted by Gasteiger charge is 2.14. The van der Waals surface area contributed by atoms with Gasteiger partial charge in [-0.15, -0.1) is 0 Å². The van der Waals surface area contributed by atoms with Crippen molar-refractivity contribution in [1.82, 2.24) is 0 Å². The molecule has 0 aromatic heterocycles. The Labute approximate surface area is 104 Å². The fourth-order valence-electron chi connectivity index (χ4n) is 1.11.